The normalized spacial score (nSPS) is 14.4. The summed E-state index contributed by atoms with van der Waals surface area (Å²) in [5, 5.41) is 0. The third-order valence-electron chi connectivity index (χ3n) is 5.19. The average Bonchev–Trinajstić information content (AvgIpc) is 3.12. The second kappa shape index (κ2) is 10.8. The number of carbonyl (C=O) groups excluding carboxylic acids is 2. The lowest BCUT2D eigenvalue weighted by molar-refractivity contribution is -0.116. The molecule has 194 valence electrons. The number of hydrogen-bond acceptors (Lipinski definition) is 6. The van der Waals surface area contributed by atoms with Crippen LogP contribution in [0.5, 0.6) is 0 Å². The van der Waals surface area contributed by atoms with Crippen molar-refractivity contribution in [1.82, 2.24) is 14.6 Å². The third-order valence-corrected chi connectivity index (χ3v) is 6.94. The number of urea groups is 1. The lowest BCUT2D eigenvalue weighted by Crippen LogP contribution is -2.33. The highest BCUT2D eigenvalue weighted by Gasteiger charge is 2.37. The number of hydrogen-bond donors (Lipinski definition) is 2. The topological polar surface area (TPSA) is 112 Å². The van der Waals surface area contributed by atoms with Gasteiger partial charge in [-0.25, -0.2) is 9.69 Å². The molecule has 0 atom stereocenters. The highest BCUT2D eigenvalue weighted by atomic mass is 32.2. The molecule has 0 radical (unpaired) electrons. The molecular formula is C23H20F3N5O4S2. The number of alkyl halides is 3. The quantitative estimate of drug-likeness (QED) is 0.306. The van der Waals surface area contributed by atoms with E-state index in [1.54, 1.807) is 24.3 Å². The van der Waals surface area contributed by atoms with E-state index in [1.807, 2.05) is 6.07 Å². The van der Waals surface area contributed by atoms with Crippen LogP contribution in [0.2, 0.25) is 0 Å². The highest BCUT2D eigenvalue weighted by molar-refractivity contribution is 8.00. The smallest absolute Gasteiger partial charge is 0.310 e. The minimum absolute atomic E-state index is 0.0557. The summed E-state index contributed by atoms with van der Waals surface area (Å²) in [6.07, 6.45) is 2.70. The lowest BCUT2D eigenvalue weighted by Gasteiger charge is -2.19. The molecule has 1 aliphatic heterocycles. The first-order chi connectivity index (χ1) is 17.5. The van der Waals surface area contributed by atoms with Gasteiger partial charge in [0.05, 0.1) is 24.1 Å². The number of carbonyl (C=O) groups is 2. The van der Waals surface area contributed by atoms with Crippen molar-refractivity contribution in [3.8, 4) is 0 Å². The Morgan fingerprint density at radius 3 is 2.38 bits per heavy atom. The van der Waals surface area contributed by atoms with Crippen LogP contribution in [0.25, 0.3) is 0 Å². The molecule has 1 fully saturated rings. The van der Waals surface area contributed by atoms with Gasteiger partial charge in [-0.2, -0.15) is 26.3 Å². The number of nitrogens with one attached hydrogen (secondary N) is 2. The predicted molar refractivity (Wildman–Crippen MR) is 132 cm³/mol. The minimum atomic E-state index is -4.46. The summed E-state index contributed by atoms with van der Waals surface area (Å²) in [6, 6.07) is 14.6. The van der Waals surface area contributed by atoms with Crippen LogP contribution in [0.15, 0.2) is 78.0 Å². The molecular weight excluding hydrogens is 531 g/mol. The van der Waals surface area contributed by atoms with Gasteiger partial charge >= 0.3 is 11.5 Å². The predicted octanol–water partition coefficient (Wildman–Crippen LogP) is 4.11. The first kappa shape index (κ1) is 26.4. The van der Waals surface area contributed by atoms with Crippen LogP contribution in [-0.4, -0.2) is 42.3 Å². The monoisotopic (exact) mass is 551 g/mol. The molecule has 1 aliphatic rings. The van der Waals surface area contributed by atoms with Crippen molar-refractivity contribution in [3.05, 3.63) is 84.2 Å². The van der Waals surface area contributed by atoms with Gasteiger partial charge in [-0.15, -0.1) is 0 Å². The summed E-state index contributed by atoms with van der Waals surface area (Å²) >= 11 is -0.302. The van der Waals surface area contributed by atoms with E-state index in [0.717, 1.165) is 10.5 Å². The second-order valence-corrected chi connectivity index (χ2v) is 10.5. The SMILES string of the molecule is O=C1CN(Cc2ccncc2NS(=O)(=O)NCc2ccccc2)C(=O)N1c1ccc(SC(F)(F)F)cc1. The minimum Gasteiger partial charge on any atom is -0.310 e. The van der Waals surface area contributed by atoms with Gasteiger partial charge in [0.1, 0.15) is 6.54 Å². The van der Waals surface area contributed by atoms with E-state index >= 15 is 0 Å². The molecule has 0 unspecified atom stereocenters. The number of aromatic nitrogens is 1. The van der Waals surface area contributed by atoms with Crippen molar-refractivity contribution in [1.29, 1.82) is 0 Å². The molecule has 2 heterocycles. The maximum atomic E-state index is 13.0. The van der Waals surface area contributed by atoms with Crippen LogP contribution in [0.4, 0.5) is 29.3 Å². The highest BCUT2D eigenvalue weighted by Crippen LogP contribution is 2.37. The van der Waals surface area contributed by atoms with Gasteiger partial charge in [0, 0.05) is 17.6 Å². The molecule has 3 amide bonds. The van der Waals surface area contributed by atoms with Crippen LogP contribution in [-0.2, 0) is 28.1 Å². The summed E-state index contributed by atoms with van der Waals surface area (Å²) in [6.45, 7) is -0.346. The molecule has 37 heavy (non-hydrogen) atoms. The molecule has 0 spiro atoms. The Hall–Kier alpha value is -3.62. The fourth-order valence-corrected chi connectivity index (χ4v) is 4.98. The molecule has 1 saturated heterocycles. The summed E-state index contributed by atoms with van der Waals surface area (Å²) in [5.41, 5.74) is -3.07. The number of rotatable bonds is 9. The second-order valence-electron chi connectivity index (χ2n) is 7.85. The van der Waals surface area contributed by atoms with Gasteiger partial charge in [-0.1, -0.05) is 30.3 Å². The largest absolute Gasteiger partial charge is 0.446 e. The number of nitrogens with zero attached hydrogens (tertiary/aromatic N) is 3. The van der Waals surface area contributed by atoms with Crippen molar-refractivity contribution in [2.75, 3.05) is 16.2 Å². The Bertz CT molecular complexity index is 1390. The Labute approximate surface area is 214 Å². The van der Waals surface area contributed by atoms with Crippen molar-refractivity contribution < 1.29 is 31.2 Å². The molecule has 4 rings (SSSR count). The van der Waals surface area contributed by atoms with Gasteiger partial charge in [-0.05, 0) is 53.2 Å². The molecule has 1 aromatic heterocycles. The zero-order chi connectivity index (χ0) is 26.6. The first-order valence-corrected chi connectivity index (χ1v) is 13.0. The van der Waals surface area contributed by atoms with E-state index < -0.39 is 27.7 Å². The number of imide groups is 1. The molecule has 0 saturated carbocycles. The summed E-state index contributed by atoms with van der Waals surface area (Å²) in [5.74, 6) is -0.568. The summed E-state index contributed by atoms with van der Waals surface area (Å²) in [7, 11) is -3.99. The number of benzene rings is 2. The van der Waals surface area contributed by atoms with E-state index in [2.05, 4.69) is 14.4 Å². The van der Waals surface area contributed by atoms with Gasteiger partial charge in [0.25, 0.3) is 16.1 Å². The van der Waals surface area contributed by atoms with Gasteiger partial charge in [-0.3, -0.25) is 14.5 Å². The van der Waals surface area contributed by atoms with Crippen LogP contribution in [0.3, 0.4) is 0 Å². The van der Waals surface area contributed by atoms with E-state index in [1.165, 1.54) is 47.6 Å². The van der Waals surface area contributed by atoms with Gasteiger partial charge in [0.15, 0.2) is 0 Å². The van der Waals surface area contributed by atoms with Crippen LogP contribution in [0, 0.1) is 0 Å². The van der Waals surface area contributed by atoms with Crippen LogP contribution in [0.1, 0.15) is 11.1 Å². The Morgan fingerprint density at radius 2 is 1.70 bits per heavy atom. The summed E-state index contributed by atoms with van der Waals surface area (Å²) in [4.78, 5) is 31.5. The number of pyridine rings is 1. The van der Waals surface area contributed by atoms with E-state index in [9.17, 15) is 31.2 Å². The molecule has 3 aromatic rings. The van der Waals surface area contributed by atoms with Gasteiger partial charge < -0.3 is 4.90 Å². The molecule has 0 bridgehead atoms. The van der Waals surface area contributed by atoms with Crippen molar-refractivity contribution >= 4 is 45.3 Å². The molecule has 2 aromatic carbocycles. The Balaban J connectivity index is 1.44. The molecule has 9 nitrogen and oxygen atoms in total. The Kier molecular flexibility index (Phi) is 7.71. The fraction of sp³-hybridized carbons (Fsp3) is 0.174. The number of amides is 3. The van der Waals surface area contributed by atoms with E-state index in [-0.39, 0.29) is 47.7 Å². The van der Waals surface area contributed by atoms with Crippen molar-refractivity contribution in [3.63, 3.8) is 0 Å². The fourth-order valence-electron chi connectivity index (χ4n) is 3.54. The lowest BCUT2D eigenvalue weighted by atomic mass is 10.2. The zero-order valence-electron chi connectivity index (χ0n) is 19.0. The number of anilines is 2. The average molecular weight is 552 g/mol. The molecule has 2 N–H and O–H groups in total. The van der Waals surface area contributed by atoms with Gasteiger partial charge in [0.2, 0.25) is 0 Å². The Morgan fingerprint density at radius 1 is 1.00 bits per heavy atom. The maximum absolute atomic E-state index is 13.0. The van der Waals surface area contributed by atoms with E-state index in [0.29, 0.717) is 5.56 Å². The molecule has 0 aliphatic carbocycles. The maximum Gasteiger partial charge on any atom is 0.446 e. The number of thioether (sulfide) groups is 1. The standard InChI is InChI=1S/C23H20F3N5O4S2/c24-23(25,26)36-19-8-6-18(7-9-19)31-21(32)15-30(22(31)33)14-17-10-11-27-13-20(17)29-37(34,35)28-12-16-4-2-1-3-5-16/h1-11,13,28-29H,12,14-15H2. The van der Waals surface area contributed by atoms with E-state index in [4.69, 9.17) is 0 Å². The number of halogens is 3. The van der Waals surface area contributed by atoms with Crippen molar-refractivity contribution in [2.45, 2.75) is 23.5 Å². The first-order valence-electron chi connectivity index (χ1n) is 10.7. The zero-order valence-corrected chi connectivity index (χ0v) is 20.6. The molecule has 14 heteroatoms. The summed E-state index contributed by atoms with van der Waals surface area (Å²) < 4.78 is 67.7. The van der Waals surface area contributed by atoms with Crippen molar-refractivity contribution in [2.24, 2.45) is 0 Å². The van der Waals surface area contributed by atoms with Crippen LogP contribution >= 0.6 is 11.8 Å². The third kappa shape index (κ3) is 6.99. The van der Waals surface area contributed by atoms with Crippen LogP contribution < -0.4 is 14.3 Å².